The molecule has 2 aliphatic rings. The number of pyridine rings is 1. The maximum atomic E-state index is 5.45. The van der Waals surface area contributed by atoms with Crippen molar-refractivity contribution in [1.29, 1.82) is 0 Å². The van der Waals surface area contributed by atoms with Gasteiger partial charge in [0.05, 0.1) is 16.4 Å². The van der Waals surface area contributed by atoms with Gasteiger partial charge in [-0.3, -0.25) is 8.97 Å². The maximum absolute atomic E-state index is 5.45. The minimum Gasteiger partial charge on any atom is -0.294 e. The number of aromatic nitrogens is 3. The van der Waals surface area contributed by atoms with Crippen LogP contribution in [0.15, 0.2) is 164 Å². The van der Waals surface area contributed by atoms with E-state index >= 15 is 0 Å². The lowest BCUT2D eigenvalue weighted by molar-refractivity contribution is 0.792. The molecule has 0 saturated carbocycles. The van der Waals surface area contributed by atoms with Gasteiger partial charge in [0.2, 0.25) is 0 Å². The second-order valence-electron chi connectivity index (χ2n) is 13.5. The third kappa shape index (κ3) is 2.95. The summed E-state index contributed by atoms with van der Waals surface area (Å²) >= 11 is 0. The molecule has 0 aliphatic heterocycles. The molecule has 3 heteroatoms. The zero-order chi connectivity index (χ0) is 31.8. The lowest BCUT2D eigenvalue weighted by Gasteiger charge is -2.30. The fourth-order valence-electron chi connectivity index (χ4n) is 9.48. The molecule has 0 fully saturated rings. The van der Waals surface area contributed by atoms with Crippen LogP contribution in [0.1, 0.15) is 22.3 Å². The lowest BCUT2D eigenvalue weighted by atomic mass is 9.70. The van der Waals surface area contributed by atoms with E-state index in [9.17, 15) is 0 Å². The van der Waals surface area contributed by atoms with Gasteiger partial charge in [-0.15, -0.1) is 0 Å². The molecule has 0 bridgehead atoms. The maximum Gasteiger partial charge on any atom is 0.151 e. The molecule has 49 heavy (non-hydrogen) atoms. The molecule has 1 spiro atoms. The number of hydrogen-bond acceptors (Lipinski definition) is 1. The standard InChI is InChI=1S/C46H27N3/c1-2-18-35-29(13-1)34-17-6-11-23-41(34)49-44(35)47-43-36-19-7-12-24-42(36)48(45(43)49)28-25-26-33-32-16-5-10-22-39(32)46(40(33)27-28)37-20-8-3-14-30(37)31-15-4-9-21-38(31)46/h1-27H. The van der Waals surface area contributed by atoms with Crippen molar-refractivity contribution in [2.45, 2.75) is 5.41 Å². The van der Waals surface area contributed by atoms with Crippen molar-refractivity contribution in [3.63, 3.8) is 0 Å². The second kappa shape index (κ2) is 8.91. The van der Waals surface area contributed by atoms with E-state index < -0.39 is 5.41 Å². The van der Waals surface area contributed by atoms with Crippen LogP contribution in [0.3, 0.4) is 0 Å². The zero-order valence-electron chi connectivity index (χ0n) is 26.4. The first-order valence-corrected chi connectivity index (χ1v) is 17.0. The van der Waals surface area contributed by atoms with Gasteiger partial charge in [0.25, 0.3) is 0 Å². The summed E-state index contributed by atoms with van der Waals surface area (Å²) in [6.07, 6.45) is 0. The number of fused-ring (bicyclic) bond motifs is 20. The van der Waals surface area contributed by atoms with E-state index in [4.69, 9.17) is 4.98 Å². The molecule has 0 atom stereocenters. The zero-order valence-corrected chi connectivity index (χ0v) is 26.4. The Morgan fingerprint density at radius 3 is 1.59 bits per heavy atom. The molecular weight excluding hydrogens is 595 g/mol. The Hall–Kier alpha value is -6.45. The van der Waals surface area contributed by atoms with Crippen LogP contribution in [0.4, 0.5) is 0 Å². The molecule has 226 valence electrons. The summed E-state index contributed by atoms with van der Waals surface area (Å²) in [5.74, 6) is 0. The minimum atomic E-state index is -0.403. The SMILES string of the molecule is c1ccc2c(c1)-c1ccccc1C21c2ccccc2-c2ccc(-n3c4ccccc4c4nc5c6ccccc6c6ccccc6n5c43)cc21. The molecule has 3 heterocycles. The quantitative estimate of drug-likeness (QED) is 0.167. The second-order valence-corrected chi connectivity index (χ2v) is 13.5. The van der Waals surface area contributed by atoms with E-state index in [0.29, 0.717) is 0 Å². The highest BCUT2D eigenvalue weighted by molar-refractivity contribution is 6.16. The van der Waals surface area contributed by atoms with Crippen molar-refractivity contribution in [3.8, 4) is 27.9 Å². The van der Waals surface area contributed by atoms with Crippen LogP contribution in [-0.4, -0.2) is 14.0 Å². The number of imidazole rings is 1. The minimum absolute atomic E-state index is 0.403. The Morgan fingerprint density at radius 1 is 0.408 bits per heavy atom. The van der Waals surface area contributed by atoms with Crippen molar-refractivity contribution in [2.75, 3.05) is 0 Å². The van der Waals surface area contributed by atoms with Gasteiger partial charge < -0.3 is 0 Å². The van der Waals surface area contributed by atoms with Crippen LogP contribution in [0, 0.1) is 0 Å². The summed E-state index contributed by atoms with van der Waals surface area (Å²) < 4.78 is 4.85. The largest absolute Gasteiger partial charge is 0.294 e. The molecule has 0 amide bonds. The monoisotopic (exact) mass is 621 g/mol. The smallest absolute Gasteiger partial charge is 0.151 e. The van der Waals surface area contributed by atoms with E-state index in [0.717, 1.165) is 44.3 Å². The summed E-state index contributed by atoms with van der Waals surface area (Å²) in [6.45, 7) is 0. The Morgan fingerprint density at radius 2 is 0.918 bits per heavy atom. The predicted molar refractivity (Wildman–Crippen MR) is 201 cm³/mol. The van der Waals surface area contributed by atoms with Gasteiger partial charge in [-0.1, -0.05) is 140 Å². The van der Waals surface area contributed by atoms with Crippen molar-refractivity contribution in [2.24, 2.45) is 0 Å². The lowest BCUT2D eigenvalue weighted by Crippen LogP contribution is -2.26. The van der Waals surface area contributed by atoms with Crippen LogP contribution in [-0.2, 0) is 5.41 Å². The summed E-state index contributed by atoms with van der Waals surface area (Å²) in [4.78, 5) is 5.45. The van der Waals surface area contributed by atoms with Gasteiger partial charge in [-0.05, 0) is 74.2 Å². The molecule has 0 radical (unpaired) electrons. The molecule has 2 aliphatic carbocycles. The van der Waals surface area contributed by atoms with Gasteiger partial charge in [0.15, 0.2) is 5.65 Å². The van der Waals surface area contributed by atoms with Crippen molar-refractivity contribution in [1.82, 2.24) is 14.0 Å². The van der Waals surface area contributed by atoms with Gasteiger partial charge in [0, 0.05) is 21.8 Å². The fraction of sp³-hybridized carbons (Fsp3) is 0.0217. The summed E-state index contributed by atoms with van der Waals surface area (Å²) in [5.41, 5.74) is 16.8. The van der Waals surface area contributed by atoms with Crippen LogP contribution < -0.4 is 0 Å². The highest BCUT2D eigenvalue weighted by atomic mass is 15.2. The molecule has 12 rings (SSSR count). The number of benzene rings is 7. The van der Waals surface area contributed by atoms with E-state index in [1.807, 2.05) is 0 Å². The van der Waals surface area contributed by atoms with Gasteiger partial charge in [-0.2, -0.15) is 0 Å². The topological polar surface area (TPSA) is 22.2 Å². The summed E-state index contributed by atoms with van der Waals surface area (Å²) in [5, 5.41) is 4.77. The first-order chi connectivity index (χ1) is 24.3. The van der Waals surface area contributed by atoms with E-state index in [1.54, 1.807) is 0 Å². The fourth-order valence-corrected chi connectivity index (χ4v) is 9.48. The van der Waals surface area contributed by atoms with Gasteiger partial charge in [0.1, 0.15) is 11.2 Å². The molecule has 3 aromatic heterocycles. The highest BCUT2D eigenvalue weighted by Crippen LogP contribution is 2.63. The van der Waals surface area contributed by atoms with E-state index in [2.05, 4.69) is 173 Å². The Kier molecular flexibility index (Phi) is 4.66. The average Bonchev–Trinajstić information content (AvgIpc) is 3.88. The molecule has 0 unspecified atom stereocenters. The van der Waals surface area contributed by atoms with E-state index in [-0.39, 0.29) is 0 Å². The predicted octanol–water partition coefficient (Wildman–Crippen LogP) is 11.1. The molecule has 0 saturated heterocycles. The summed E-state index contributed by atoms with van der Waals surface area (Å²) in [7, 11) is 0. The number of para-hydroxylation sites is 2. The highest BCUT2D eigenvalue weighted by Gasteiger charge is 2.51. The molecule has 7 aromatic carbocycles. The normalized spacial score (nSPS) is 13.9. The van der Waals surface area contributed by atoms with Crippen molar-refractivity contribution in [3.05, 3.63) is 186 Å². The Balaban J connectivity index is 1.25. The molecule has 10 aromatic rings. The van der Waals surface area contributed by atoms with Crippen LogP contribution in [0.2, 0.25) is 0 Å². The third-order valence-corrected chi connectivity index (χ3v) is 11.3. The van der Waals surface area contributed by atoms with Crippen LogP contribution >= 0.6 is 0 Å². The van der Waals surface area contributed by atoms with E-state index in [1.165, 1.54) is 55.3 Å². The molecule has 3 nitrogen and oxygen atoms in total. The number of hydrogen-bond donors (Lipinski definition) is 0. The first-order valence-electron chi connectivity index (χ1n) is 17.0. The first kappa shape index (κ1) is 25.6. The Labute approximate surface area is 281 Å². The molecular formula is C46H27N3. The van der Waals surface area contributed by atoms with Crippen molar-refractivity contribution >= 4 is 49.4 Å². The van der Waals surface area contributed by atoms with Crippen molar-refractivity contribution < 1.29 is 0 Å². The number of rotatable bonds is 1. The van der Waals surface area contributed by atoms with Gasteiger partial charge in [-0.25, -0.2) is 4.98 Å². The Bertz CT molecular complexity index is 3000. The summed E-state index contributed by atoms with van der Waals surface area (Å²) in [6, 6.07) is 60.4. The van der Waals surface area contributed by atoms with Crippen LogP contribution in [0.25, 0.3) is 77.3 Å². The molecule has 0 N–H and O–H groups in total. The van der Waals surface area contributed by atoms with Crippen LogP contribution in [0.5, 0.6) is 0 Å². The number of nitrogens with zero attached hydrogens (tertiary/aromatic N) is 3. The van der Waals surface area contributed by atoms with Gasteiger partial charge >= 0.3 is 0 Å². The average molecular weight is 622 g/mol. The third-order valence-electron chi connectivity index (χ3n) is 11.3.